The van der Waals surface area contributed by atoms with Crippen molar-refractivity contribution in [2.45, 2.75) is 44.3 Å². The van der Waals surface area contributed by atoms with Gasteiger partial charge in [-0.1, -0.05) is 69.9 Å². The molecule has 3 heteroatoms. The SMILES string of the molecule is Brc1cccc(C(CI)OC2CCCCC2)c1. The summed E-state index contributed by atoms with van der Waals surface area (Å²) < 4.78 is 8.41. The van der Waals surface area contributed by atoms with Crippen LogP contribution in [0.25, 0.3) is 0 Å². The fourth-order valence-corrected chi connectivity index (χ4v) is 3.48. The minimum absolute atomic E-state index is 0.246. The Hall–Kier alpha value is 0.390. The van der Waals surface area contributed by atoms with Crippen LogP contribution in [-0.4, -0.2) is 10.5 Å². The first-order chi connectivity index (χ1) is 8.29. The Bertz CT molecular complexity index is 350. The molecule has 94 valence electrons. The Balaban J connectivity index is 2.00. The van der Waals surface area contributed by atoms with E-state index < -0.39 is 0 Å². The predicted molar refractivity (Wildman–Crippen MR) is 83.7 cm³/mol. The molecule has 1 unspecified atom stereocenters. The highest BCUT2D eigenvalue weighted by Gasteiger charge is 2.19. The van der Waals surface area contributed by atoms with Gasteiger partial charge in [0.25, 0.3) is 0 Å². The third-order valence-corrected chi connectivity index (χ3v) is 4.56. The molecule has 0 bridgehead atoms. The molecule has 0 N–H and O–H groups in total. The van der Waals surface area contributed by atoms with Crippen LogP contribution in [0.15, 0.2) is 28.7 Å². The average Bonchev–Trinajstić information content (AvgIpc) is 2.37. The molecule has 0 spiro atoms. The highest BCUT2D eigenvalue weighted by Crippen LogP contribution is 2.29. The third-order valence-electron chi connectivity index (χ3n) is 3.27. The molecule has 1 aliphatic rings. The maximum absolute atomic E-state index is 6.25. The Morgan fingerprint density at radius 3 is 2.71 bits per heavy atom. The molecule has 2 rings (SSSR count). The van der Waals surface area contributed by atoms with Gasteiger partial charge in [0.1, 0.15) is 0 Å². The van der Waals surface area contributed by atoms with Crippen molar-refractivity contribution in [3.8, 4) is 0 Å². The van der Waals surface area contributed by atoms with E-state index in [1.165, 1.54) is 37.7 Å². The molecule has 1 aromatic rings. The lowest BCUT2D eigenvalue weighted by molar-refractivity contribution is -0.0185. The van der Waals surface area contributed by atoms with Crippen LogP contribution in [-0.2, 0) is 4.74 Å². The summed E-state index contributed by atoms with van der Waals surface area (Å²) in [7, 11) is 0. The summed E-state index contributed by atoms with van der Waals surface area (Å²) in [5.74, 6) is 0. The summed E-state index contributed by atoms with van der Waals surface area (Å²) in [4.78, 5) is 0. The molecule has 1 atom stereocenters. The van der Waals surface area contributed by atoms with E-state index in [9.17, 15) is 0 Å². The molecule has 1 fully saturated rings. The smallest absolute Gasteiger partial charge is 0.0918 e. The van der Waals surface area contributed by atoms with Gasteiger partial charge in [-0.25, -0.2) is 0 Å². The lowest BCUT2D eigenvalue weighted by atomic mass is 9.97. The lowest BCUT2D eigenvalue weighted by Crippen LogP contribution is -2.20. The zero-order valence-corrected chi connectivity index (χ0v) is 13.6. The molecule has 17 heavy (non-hydrogen) atoms. The average molecular weight is 409 g/mol. The van der Waals surface area contributed by atoms with Crippen molar-refractivity contribution in [2.24, 2.45) is 0 Å². The minimum atomic E-state index is 0.246. The second-order valence-electron chi connectivity index (χ2n) is 4.59. The first kappa shape index (κ1) is 13.8. The van der Waals surface area contributed by atoms with Gasteiger partial charge in [-0.2, -0.15) is 0 Å². The number of hydrogen-bond donors (Lipinski definition) is 0. The van der Waals surface area contributed by atoms with Gasteiger partial charge in [-0.15, -0.1) is 0 Å². The summed E-state index contributed by atoms with van der Waals surface area (Å²) in [6.45, 7) is 0. The number of ether oxygens (including phenoxy) is 1. The Kier molecular flexibility index (Phi) is 5.77. The van der Waals surface area contributed by atoms with E-state index in [0.717, 1.165) is 8.90 Å². The van der Waals surface area contributed by atoms with Crippen LogP contribution in [0, 0.1) is 0 Å². The van der Waals surface area contributed by atoms with Gasteiger partial charge >= 0.3 is 0 Å². The zero-order chi connectivity index (χ0) is 12.1. The van der Waals surface area contributed by atoms with E-state index in [4.69, 9.17) is 4.74 Å². The van der Waals surface area contributed by atoms with Crippen molar-refractivity contribution in [1.29, 1.82) is 0 Å². The molecule has 1 nitrogen and oxygen atoms in total. The fourth-order valence-electron chi connectivity index (χ4n) is 2.34. The predicted octanol–water partition coefficient (Wildman–Crippen LogP) is 5.27. The first-order valence-electron chi connectivity index (χ1n) is 6.26. The van der Waals surface area contributed by atoms with Gasteiger partial charge in [-0.05, 0) is 30.5 Å². The van der Waals surface area contributed by atoms with Crippen molar-refractivity contribution in [3.05, 3.63) is 34.3 Å². The van der Waals surface area contributed by atoms with Crippen molar-refractivity contribution in [3.63, 3.8) is 0 Å². The monoisotopic (exact) mass is 408 g/mol. The normalized spacial score (nSPS) is 19.2. The van der Waals surface area contributed by atoms with E-state index in [1.807, 2.05) is 0 Å². The lowest BCUT2D eigenvalue weighted by Gasteiger charge is -2.27. The van der Waals surface area contributed by atoms with Gasteiger partial charge in [0.15, 0.2) is 0 Å². The van der Waals surface area contributed by atoms with Crippen molar-refractivity contribution >= 4 is 38.5 Å². The van der Waals surface area contributed by atoms with E-state index in [2.05, 4.69) is 62.8 Å². The molecule has 1 aromatic carbocycles. The summed E-state index contributed by atoms with van der Waals surface area (Å²) in [5.41, 5.74) is 1.29. The van der Waals surface area contributed by atoms with Crippen LogP contribution in [0.2, 0.25) is 0 Å². The zero-order valence-electron chi connectivity index (χ0n) is 9.87. The Labute approximate surface area is 126 Å². The van der Waals surface area contributed by atoms with Gasteiger partial charge in [0, 0.05) is 8.90 Å². The van der Waals surface area contributed by atoms with Crippen LogP contribution in [0.3, 0.4) is 0 Å². The molecule has 1 aliphatic carbocycles. The number of alkyl halides is 1. The van der Waals surface area contributed by atoms with Crippen LogP contribution in [0.4, 0.5) is 0 Å². The first-order valence-corrected chi connectivity index (χ1v) is 8.58. The second kappa shape index (κ2) is 7.10. The summed E-state index contributed by atoms with van der Waals surface area (Å²) in [6, 6.07) is 8.49. The molecule has 0 aliphatic heterocycles. The topological polar surface area (TPSA) is 9.23 Å². The van der Waals surface area contributed by atoms with Crippen LogP contribution >= 0.6 is 38.5 Å². The molecular formula is C14H18BrIO. The van der Waals surface area contributed by atoms with Gasteiger partial charge < -0.3 is 4.74 Å². The summed E-state index contributed by atoms with van der Waals surface area (Å²) in [5, 5.41) is 0. The number of hydrogen-bond acceptors (Lipinski definition) is 1. The number of halogens is 2. The third kappa shape index (κ3) is 4.21. The van der Waals surface area contributed by atoms with Crippen LogP contribution < -0.4 is 0 Å². The van der Waals surface area contributed by atoms with Crippen molar-refractivity contribution in [1.82, 2.24) is 0 Å². The molecule has 1 saturated carbocycles. The Morgan fingerprint density at radius 1 is 1.29 bits per heavy atom. The van der Waals surface area contributed by atoms with Crippen molar-refractivity contribution < 1.29 is 4.74 Å². The largest absolute Gasteiger partial charge is 0.369 e. The van der Waals surface area contributed by atoms with Gasteiger partial charge in [0.2, 0.25) is 0 Å². The van der Waals surface area contributed by atoms with E-state index in [0.29, 0.717) is 6.10 Å². The number of rotatable bonds is 4. The maximum Gasteiger partial charge on any atom is 0.0918 e. The summed E-state index contributed by atoms with van der Waals surface area (Å²) in [6.07, 6.45) is 7.24. The van der Waals surface area contributed by atoms with Crippen molar-refractivity contribution in [2.75, 3.05) is 4.43 Å². The highest BCUT2D eigenvalue weighted by molar-refractivity contribution is 14.1. The quantitative estimate of drug-likeness (QED) is 0.486. The molecular weight excluding hydrogens is 391 g/mol. The van der Waals surface area contributed by atoms with E-state index in [-0.39, 0.29) is 6.10 Å². The van der Waals surface area contributed by atoms with E-state index >= 15 is 0 Å². The van der Waals surface area contributed by atoms with Gasteiger partial charge in [-0.3, -0.25) is 0 Å². The number of benzene rings is 1. The molecule has 0 heterocycles. The Morgan fingerprint density at radius 2 is 2.06 bits per heavy atom. The maximum atomic E-state index is 6.25. The van der Waals surface area contributed by atoms with Gasteiger partial charge in [0.05, 0.1) is 12.2 Å². The molecule has 0 aromatic heterocycles. The van der Waals surface area contributed by atoms with Crippen LogP contribution in [0.5, 0.6) is 0 Å². The fraction of sp³-hybridized carbons (Fsp3) is 0.571. The standard InChI is InChI=1S/C14H18BrIO/c15-12-6-4-5-11(9-12)14(10-16)17-13-7-2-1-3-8-13/h4-6,9,13-14H,1-3,7-8,10H2. The molecule has 0 saturated heterocycles. The minimum Gasteiger partial charge on any atom is -0.369 e. The van der Waals surface area contributed by atoms with E-state index in [1.54, 1.807) is 0 Å². The highest BCUT2D eigenvalue weighted by atomic mass is 127. The summed E-state index contributed by atoms with van der Waals surface area (Å²) >= 11 is 5.95. The second-order valence-corrected chi connectivity index (χ2v) is 6.39. The van der Waals surface area contributed by atoms with Crippen LogP contribution in [0.1, 0.15) is 43.8 Å². The molecule has 0 amide bonds. The molecule has 0 radical (unpaired) electrons.